The molecule has 0 radical (unpaired) electrons. The highest BCUT2D eigenvalue weighted by Crippen LogP contribution is 2.42. The van der Waals surface area contributed by atoms with Gasteiger partial charge in [-0.2, -0.15) is 0 Å². The van der Waals surface area contributed by atoms with Crippen LogP contribution in [0, 0.1) is 23.7 Å². The fourth-order valence-corrected chi connectivity index (χ4v) is 5.21. The lowest BCUT2D eigenvalue weighted by Gasteiger charge is -2.38. The van der Waals surface area contributed by atoms with E-state index in [0.29, 0.717) is 0 Å². The van der Waals surface area contributed by atoms with Crippen LogP contribution in [0.5, 0.6) is 0 Å². The molecule has 2 saturated carbocycles. The average Bonchev–Trinajstić information content (AvgIpc) is 2.66. The summed E-state index contributed by atoms with van der Waals surface area (Å²) in [6.45, 7) is 6.17. The van der Waals surface area contributed by atoms with Gasteiger partial charge in [0.05, 0.1) is 6.61 Å². The van der Waals surface area contributed by atoms with Gasteiger partial charge in [0.1, 0.15) is 0 Å². The first kappa shape index (κ1) is 21.0. The van der Waals surface area contributed by atoms with E-state index in [1.54, 1.807) is 0 Å². The van der Waals surface area contributed by atoms with Crippen LogP contribution in [0.15, 0.2) is 12.2 Å². The minimum atomic E-state index is 0.804. The molecular formula is C24H44O. The summed E-state index contributed by atoms with van der Waals surface area (Å²) in [4.78, 5) is 0. The lowest BCUT2D eigenvalue weighted by atomic mass is 9.69. The predicted octanol–water partition coefficient (Wildman–Crippen LogP) is 7.55. The van der Waals surface area contributed by atoms with E-state index in [-0.39, 0.29) is 0 Å². The molecule has 0 aromatic heterocycles. The van der Waals surface area contributed by atoms with E-state index in [0.717, 1.165) is 36.9 Å². The Balaban J connectivity index is 1.53. The maximum Gasteiger partial charge on any atom is 0.0647 e. The Bertz CT molecular complexity index is 332. The molecule has 0 aromatic carbocycles. The Kier molecular flexibility index (Phi) is 10.9. The van der Waals surface area contributed by atoms with Gasteiger partial charge >= 0.3 is 0 Å². The fourth-order valence-electron chi connectivity index (χ4n) is 5.21. The van der Waals surface area contributed by atoms with E-state index >= 15 is 0 Å². The molecular weight excluding hydrogens is 304 g/mol. The molecule has 0 atom stereocenters. The molecule has 0 heterocycles. The van der Waals surface area contributed by atoms with Crippen LogP contribution in [-0.2, 0) is 4.74 Å². The first-order chi connectivity index (χ1) is 12.3. The van der Waals surface area contributed by atoms with Crippen molar-refractivity contribution in [2.24, 2.45) is 23.7 Å². The third-order valence-corrected chi connectivity index (χ3v) is 6.97. The van der Waals surface area contributed by atoms with Crippen LogP contribution in [-0.4, -0.2) is 13.2 Å². The molecule has 2 aliphatic rings. The molecule has 1 nitrogen and oxygen atoms in total. The van der Waals surface area contributed by atoms with Gasteiger partial charge in [-0.3, -0.25) is 0 Å². The van der Waals surface area contributed by atoms with Crippen molar-refractivity contribution in [2.75, 3.05) is 13.2 Å². The monoisotopic (exact) mass is 348 g/mol. The van der Waals surface area contributed by atoms with E-state index < -0.39 is 0 Å². The number of hydrogen-bond acceptors (Lipinski definition) is 1. The summed E-state index contributed by atoms with van der Waals surface area (Å²) in [6, 6.07) is 0. The highest BCUT2D eigenvalue weighted by atomic mass is 16.5. The first-order valence-corrected chi connectivity index (χ1v) is 11.5. The Morgan fingerprint density at radius 1 is 0.760 bits per heavy atom. The largest absolute Gasteiger partial charge is 0.377 e. The molecule has 0 bridgehead atoms. The van der Waals surface area contributed by atoms with Gasteiger partial charge < -0.3 is 4.74 Å². The van der Waals surface area contributed by atoms with Crippen molar-refractivity contribution in [1.82, 2.24) is 0 Å². The quantitative estimate of drug-likeness (QED) is 0.276. The summed E-state index contributed by atoms with van der Waals surface area (Å²) in [5.74, 6) is 3.99. The van der Waals surface area contributed by atoms with Crippen LogP contribution < -0.4 is 0 Å². The zero-order valence-electron chi connectivity index (χ0n) is 17.2. The Labute approximate surface area is 158 Å². The summed E-state index contributed by atoms with van der Waals surface area (Å²) >= 11 is 0. The maximum atomic E-state index is 5.78. The van der Waals surface area contributed by atoms with E-state index in [1.807, 2.05) is 0 Å². The second-order valence-electron chi connectivity index (χ2n) is 8.87. The lowest BCUT2D eigenvalue weighted by Crippen LogP contribution is -2.27. The number of rotatable bonds is 11. The van der Waals surface area contributed by atoms with Gasteiger partial charge in [-0.15, -0.1) is 0 Å². The lowest BCUT2D eigenvalue weighted by molar-refractivity contribution is 0.0778. The van der Waals surface area contributed by atoms with Crippen molar-refractivity contribution >= 4 is 0 Å². The Morgan fingerprint density at radius 3 is 1.96 bits per heavy atom. The van der Waals surface area contributed by atoms with Gasteiger partial charge in [0, 0.05) is 6.61 Å². The van der Waals surface area contributed by atoms with Crippen LogP contribution in [0.3, 0.4) is 0 Å². The van der Waals surface area contributed by atoms with E-state index in [9.17, 15) is 0 Å². The minimum Gasteiger partial charge on any atom is -0.377 e. The van der Waals surface area contributed by atoms with Gasteiger partial charge in [0.25, 0.3) is 0 Å². The standard InChI is InChI=1S/C24H44O/c1-3-5-7-8-9-10-21-11-15-23(16-12-21)24-17-13-22(14-18-24)20-25-19-6-4-2/h4,6,21-24H,3,5,7-20H2,1-2H3/b6-4-. The van der Waals surface area contributed by atoms with Crippen molar-refractivity contribution < 1.29 is 4.74 Å². The molecule has 0 amide bonds. The maximum absolute atomic E-state index is 5.78. The zero-order valence-corrected chi connectivity index (χ0v) is 17.2. The summed E-state index contributed by atoms with van der Waals surface area (Å²) < 4.78 is 5.78. The normalized spacial score (nSPS) is 30.8. The number of allylic oxidation sites excluding steroid dienone is 1. The van der Waals surface area contributed by atoms with Crippen molar-refractivity contribution in [3.63, 3.8) is 0 Å². The zero-order chi connectivity index (χ0) is 17.7. The first-order valence-electron chi connectivity index (χ1n) is 11.5. The summed E-state index contributed by atoms with van der Waals surface area (Å²) in [5, 5.41) is 0. The SMILES string of the molecule is C/C=C\COCC1CCC(C2CCC(CCCCCCC)CC2)CC1. The summed E-state index contributed by atoms with van der Waals surface area (Å²) in [7, 11) is 0. The molecule has 0 aliphatic heterocycles. The molecule has 0 aromatic rings. The van der Waals surface area contributed by atoms with Gasteiger partial charge in [0.15, 0.2) is 0 Å². The molecule has 0 saturated heterocycles. The summed E-state index contributed by atoms with van der Waals surface area (Å²) in [5.41, 5.74) is 0. The van der Waals surface area contributed by atoms with Crippen LogP contribution in [0.4, 0.5) is 0 Å². The third-order valence-electron chi connectivity index (χ3n) is 6.97. The van der Waals surface area contributed by atoms with E-state index in [2.05, 4.69) is 26.0 Å². The van der Waals surface area contributed by atoms with Crippen LogP contribution in [0.25, 0.3) is 0 Å². The fraction of sp³-hybridized carbons (Fsp3) is 0.917. The average molecular weight is 349 g/mol. The van der Waals surface area contributed by atoms with Gasteiger partial charge in [-0.05, 0) is 69.1 Å². The van der Waals surface area contributed by atoms with Crippen LogP contribution in [0.1, 0.15) is 104 Å². The molecule has 146 valence electrons. The van der Waals surface area contributed by atoms with Crippen LogP contribution in [0.2, 0.25) is 0 Å². The van der Waals surface area contributed by atoms with Crippen molar-refractivity contribution in [3.05, 3.63) is 12.2 Å². The van der Waals surface area contributed by atoms with E-state index in [4.69, 9.17) is 4.74 Å². The molecule has 25 heavy (non-hydrogen) atoms. The van der Waals surface area contributed by atoms with Gasteiger partial charge in [-0.1, -0.05) is 70.4 Å². The highest BCUT2D eigenvalue weighted by molar-refractivity contribution is 4.82. The molecule has 1 heteroatoms. The second-order valence-corrected chi connectivity index (χ2v) is 8.87. The summed E-state index contributed by atoms with van der Waals surface area (Å²) in [6.07, 6.45) is 24.9. The second kappa shape index (κ2) is 13.0. The van der Waals surface area contributed by atoms with Crippen molar-refractivity contribution in [1.29, 1.82) is 0 Å². The van der Waals surface area contributed by atoms with Crippen molar-refractivity contribution in [2.45, 2.75) is 104 Å². The highest BCUT2D eigenvalue weighted by Gasteiger charge is 2.30. The van der Waals surface area contributed by atoms with Crippen LogP contribution >= 0.6 is 0 Å². The molecule has 2 aliphatic carbocycles. The number of ether oxygens (including phenoxy) is 1. The van der Waals surface area contributed by atoms with Gasteiger partial charge in [-0.25, -0.2) is 0 Å². The Hall–Kier alpha value is -0.300. The smallest absolute Gasteiger partial charge is 0.0647 e. The predicted molar refractivity (Wildman–Crippen MR) is 110 cm³/mol. The molecule has 0 spiro atoms. The van der Waals surface area contributed by atoms with Gasteiger partial charge in [0.2, 0.25) is 0 Å². The number of hydrogen-bond donors (Lipinski definition) is 0. The topological polar surface area (TPSA) is 9.23 Å². The Morgan fingerprint density at radius 2 is 1.36 bits per heavy atom. The molecule has 2 rings (SSSR count). The molecule has 0 N–H and O–H groups in total. The molecule has 2 fully saturated rings. The number of unbranched alkanes of at least 4 members (excludes halogenated alkanes) is 4. The minimum absolute atomic E-state index is 0.804. The molecule has 0 unspecified atom stereocenters. The third kappa shape index (κ3) is 8.29. The van der Waals surface area contributed by atoms with Crippen molar-refractivity contribution in [3.8, 4) is 0 Å². The van der Waals surface area contributed by atoms with E-state index in [1.165, 1.54) is 89.9 Å².